The minimum Gasteiger partial charge on any atom is -0.481 e. The second-order valence-corrected chi connectivity index (χ2v) is 6.96. The maximum absolute atomic E-state index is 12.5. The van der Waals surface area contributed by atoms with Crippen molar-refractivity contribution < 1.29 is 14.7 Å². The van der Waals surface area contributed by atoms with Crippen LogP contribution in [0.25, 0.3) is 0 Å². The number of hydrogen-bond donors (Lipinski definition) is 2. The number of para-hydroxylation sites is 1. The van der Waals surface area contributed by atoms with E-state index in [4.69, 9.17) is 5.11 Å². The molecule has 0 spiro atoms. The summed E-state index contributed by atoms with van der Waals surface area (Å²) in [5.41, 5.74) is 2.86. The SMILES string of the molecule is CN1CCN(Cc2ccc(C(=O)Nc3ccccc3CC(=O)O)cc2)CC1. The first-order valence-electron chi connectivity index (χ1n) is 9.12. The number of rotatable bonds is 6. The van der Waals surface area contributed by atoms with E-state index in [1.54, 1.807) is 24.3 Å². The summed E-state index contributed by atoms with van der Waals surface area (Å²) < 4.78 is 0. The molecule has 142 valence electrons. The van der Waals surface area contributed by atoms with E-state index in [9.17, 15) is 9.59 Å². The molecule has 1 aliphatic rings. The lowest BCUT2D eigenvalue weighted by Gasteiger charge is -2.32. The van der Waals surface area contributed by atoms with Gasteiger partial charge in [0, 0.05) is 44.0 Å². The number of carboxylic acid groups (broad SMARTS) is 1. The number of carbonyl (C=O) groups is 2. The molecule has 2 aromatic rings. The molecule has 0 radical (unpaired) electrons. The average Bonchev–Trinajstić information content (AvgIpc) is 2.65. The number of anilines is 1. The van der Waals surface area contributed by atoms with Crippen LogP contribution in [0, 0.1) is 0 Å². The van der Waals surface area contributed by atoms with Gasteiger partial charge >= 0.3 is 5.97 Å². The van der Waals surface area contributed by atoms with Crippen molar-refractivity contribution in [1.82, 2.24) is 9.80 Å². The van der Waals surface area contributed by atoms with Gasteiger partial charge in [0.05, 0.1) is 6.42 Å². The van der Waals surface area contributed by atoms with Crippen LogP contribution in [-0.4, -0.2) is 60.0 Å². The second-order valence-electron chi connectivity index (χ2n) is 6.96. The van der Waals surface area contributed by atoms with E-state index in [2.05, 4.69) is 22.2 Å². The molecule has 6 nitrogen and oxygen atoms in total. The van der Waals surface area contributed by atoms with Crippen LogP contribution in [0.2, 0.25) is 0 Å². The number of carbonyl (C=O) groups excluding carboxylic acids is 1. The fourth-order valence-corrected chi connectivity index (χ4v) is 3.18. The van der Waals surface area contributed by atoms with Crippen molar-refractivity contribution >= 4 is 17.6 Å². The standard InChI is InChI=1S/C21H25N3O3/c1-23-10-12-24(13-11-23)15-16-6-8-17(9-7-16)21(27)22-19-5-3-2-4-18(19)14-20(25)26/h2-9H,10-15H2,1H3,(H,22,27)(H,25,26). The van der Waals surface area contributed by atoms with E-state index in [-0.39, 0.29) is 12.3 Å². The fourth-order valence-electron chi connectivity index (χ4n) is 3.18. The Bertz CT molecular complexity index is 797. The van der Waals surface area contributed by atoms with Gasteiger partial charge in [-0.3, -0.25) is 14.5 Å². The normalized spacial score (nSPS) is 15.4. The Morgan fingerprint density at radius 1 is 1.00 bits per heavy atom. The van der Waals surface area contributed by atoms with Crippen LogP contribution in [0.3, 0.4) is 0 Å². The largest absolute Gasteiger partial charge is 0.481 e. The summed E-state index contributed by atoms with van der Waals surface area (Å²) in [6.07, 6.45) is -0.125. The van der Waals surface area contributed by atoms with E-state index in [0.717, 1.165) is 32.7 Å². The highest BCUT2D eigenvalue weighted by Gasteiger charge is 2.15. The lowest BCUT2D eigenvalue weighted by Crippen LogP contribution is -2.43. The molecule has 0 aliphatic carbocycles. The van der Waals surface area contributed by atoms with Crippen LogP contribution in [0.1, 0.15) is 21.5 Å². The number of amides is 1. The Kier molecular flexibility index (Phi) is 6.21. The molecule has 0 bridgehead atoms. The van der Waals surface area contributed by atoms with Crippen LogP contribution in [-0.2, 0) is 17.8 Å². The Balaban J connectivity index is 1.62. The zero-order valence-electron chi connectivity index (χ0n) is 15.5. The third-order valence-electron chi connectivity index (χ3n) is 4.83. The number of hydrogen-bond acceptors (Lipinski definition) is 4. The molecule has 1 aliphatic heterocycles. The Labute approximate surface area is 159 Å². The van der Waals surface area contributed by atoms with Gasteiger partial charge in [0.15, 0.2) is 0 Å². The first-order chi connectivity index (χ1) is 13.0. The second kappa shape index (κ2) is 8.79. The van der Waals surface area contributed by atoms with Crippen molar-refractivity contribution in [1.29, 1.82) is 0 Å². The molecule has 0 aromatic heterocycles. The predicted molar refractivity (Wildman–Crippen MR) is 105 cm³/mol. The third-order valence-corrected chi connectivity index (χ3v) is 4.83. The molecule has 0 saturated carbocycles. The highest BCUT2D eigenvalue weighted by molar-refractivity contribution is 6.04. The lowest BCUT2D eigenvalue weighted by atomic mass is 10.1. The Hall–Kier alpha value is -2.70. The van der Waals surface area contributed by atoms with Gasteiger partial charge in [-0.05, 0) is 36.4 Å². The van der Waals surface area contributed by atoms with E-state index >= 15 is 0 Å². The molecule has 27 heavy (non-hydrogen) atoms. The van der Waals surface area contributed by atoms with Crippen LogP contribution >= 0.6 is 0 Å². The zero-order valence-corrected chi connectivity index (χ0v) is 15.5. The number of aliphatic carboxylic acids is 1. The van der Waals surface area contributed by atoms with Gasteiger partial charge in [0.1, 0.15) is 0 Å². The first-order valence-corrected chi connectivity index (χ1v) is 9.12. The maximum atomic E-state index is 12.5. The van der Waals surface area contributed by atoms with Gasteiger partial charge in [-0.15, -0.1) is 0 Å². The quantitative estimate of drug-likeness (QED) is 0.820. The van der Waals surface area contributed by atoms with E-state index in [1.165, 1.54) is 5.56 Å². The van der Waals surface area contributed by atoms with Crippen LogP contribution in [0.4, 0.5) is 5.69 Å². The molecule has 1 heterocycles. The summed E-state index contributed by atoms with van der Waals surface area (Å²) in [4.78, 5) is 28.2. The zero-order chi connectivity index (χ0) is 19.2. The maximum Gasteiger partial charge on any atom is 0.307 e. The summed E-state index contributed by atoms with van der Waals surface area (Å²) in [5, 5.41) is 11.8. The van der Waals surface area contributed by atoms with Crippen molar-refractivity contribution in [3.8, 4) is 0 Å². The van der Waals surface area contributed by atoms with Crippen molar-refractivity contribution in [2.75, 3.05) is 38.5 Å². The number of likely N-dealkylation sites (N-methyl/N-ethyl adjacent to an activating group) is 1. The molecule has 0 unspecified atom stereocenters. The smallest absolute Gasteiger partial charge is 0.307 e. The summed E-state index contributed by atoms with van der Waals surface area (Å²) in [7, 11) is 2.14. The topological polar surface area (TPSA) is 72.9 Å². The van der Waals surface area contributed by atoms with Crippen molar-refractivity contribution in [3.63, 3.8) is 0 Å². The van der Waals surface area contributed by atoms with Crippen LogP contribution in [0.5, 0.6) is 0 Å². The summed E-state index contributed by atoms with van der Waals surface area (Å²) in [6, 6.07) is 14.6. The molecule has 2 N–H and O–H groups in total. The van der Waals surface area contributed by atoms with Gasteiger partial charge in [-0.1, -0.05) is 30.3 Å². The van der Waals surface area contributed by atoms with Crippen LogP contribution in [0.15, 0.2) is 48.5 Å². The summed E-state index contributed by atoms with van der Waals surface area (Å²) in [6.45, 7) is 5.15. The highest BCUT2D eigenvalue weighted by Crippen LogP contribution is 2.17. The van der Waals surface area contributed by atoms with E-state index in [0.29, 0.717) is 16.8 Å². The van der Waals surface area contributed by atoms with Gasteiger partial charge in [0.2, 0.25) is 0 Å². The molecular weight excluding hydrogens is 342 g/mol. The molecule has 1 amide bonds. The molecule has 1 fully saturated rings. The predicted octanol–water partition coefficient (Wildman–Crippen LogP) is 2.31. The number of nitrogens with zero attached hydrogens (tertiary/aromatic N) is 2. The number of nitrogens with one attached hydrogen (secondary N) is 1. The van der Waals surface area contributed by atoms with Crippen molar-refractivity contribution in [2.45, 2.75) is 13.0 Å². The fraction of sp³-hybridized carbons (Fsp3) is 0.333. The summed E-state index contributed by atoms with van der Waals surface area (Å²) in [5.74, 6) is -1.16. The van der Waals surface area contributed by atoms with Gasteiger partial charge in [-0.2, -0.15) is 0 Å². The molecule has 3 rings (SSSR count). The van der Waals surface area contributed by atoms with Gasteiger partial charge in [-0.25, -0.2) is 0 Å². The number of benzene rings is 2. The van der Waals surface area contributed by atoms with Crippen molar-refractivity contribution in [3.05, 3.63) is 65.2 Å². The minimum atomic E-state index is -0.926. The Morgan fingerprint density at radius 2 is 1.67 bits per heavy atom. The summed E-state index contributed by atoms with van der Waals surface area (Å²) >= 11 is 0. The molecule has 0 atom stereocenters. The van der Waals surface area contributed by atoms with Crippen molar-refractivity contribution in [2.24, 2.45) is 0 Å². The molecule has 6 heteroatoms. The van der Waals surface area contributed by atoms with Gasteiger partial charge in [0.25, 0.3) is 5.91 Å². The molecule has 1 saturated heterocycles. The lowest BCUT2D eigenvalue weighted by molar-refractivity contribution is -0.136. The van der Waals surface area contributed by atoms with E-state index in [1.807, 2.05) is 24.3 Å². The molecule has 2 aromatic carbocycles. The Morgan fingerprint density at radius 3 is 2.33 bits per heavy atom. The first kappa shape index (κ1) is 19.1. The highest BCUT2D eigenvalue weighted by atomic mass is 16.4. The monoisotopic (exact) mass is 367 g/mol. The number of carboxylic acids is 1. The third kappa shape index (κ3) is 5.39. The van der Waals surface area contributed by atoms with Crippen LogP contribution < -0.4 is 5.32 Å². The molecular formula is C21H25N3O3. The minimum absolute atomic E-state index is 0.125. The average molecular weight is 367 g/mol. The van der Waals surface area contributed by atoms with Gasteiger partial charge < -0.3 is 15.3 Å². The van der Waals surface area contributed by atoms with E-state index < -0.39 is 5.97 Å². The number of piperazine rings is 1.